The highest BCUT2D eigenvalue weighted by Crippen LogP contribution is 2.29. The van der Waals surface area contributed by atoms with Crippen LogP contribution in [0, 0.1) is 0 Å². The van der Waals surface area contributed by atoms with Gasteiger partial charge in [-0.1, -0.05) is 6.92 Å². The van der Waals surface area contributed by atoms with Crippen LogP contribution in [-0.2, 0) is 15.7 Å². The van der Waals surface area contributed by atoms with Gasteiger partial charge in [-0.3, -0.25) is 9.59 Å². The fourth-order valence-electron chi connectivity index (χ4n) is 2.28. The van der Waals surface area contributed by atoms with Crippen molar-refractivity contribution in [3.8, 4) is 0 Å². The summed E-state index contributed by atoms with van der Waals surface area (Å²) in [5, 5.41) is 2.68. The van der Waals surface area contributed by atoms with Gasteiger partial charge in [0.1, 0.15) is 0 Å². The van der Waals surface area contributed by atoms with Crippen LogP contribution in [0.5, 0.6) is 0 Å². The van der Waals surface area contributed by atoms with Gasteiger partial charge in [-0.05, 0) is 55.0 Å². The first-order valence-electron chi connectivity index (χ1n) is 8.48. The van der Waals surface area contributed by atoms with Crippen molar-refractivity contribution >= 4 is 23.3 Å². The maximum absolute atomic E-state index is 12.5. The molecule has 0 saturated heterocycles. The Morgan fingerprint density at radius 1 is 0.929 bits per heavy atom. The van der Waals surface area contributed by atoms with Gasteiger partial charge in [0.2, 0.25) is 5.91 Å². The summed E-state index contributed by atoms with van der Waals surface area (Å²) in [6, 6.07) is 9.59. The number of hydrogen-bond acceptors (Lipinski definition) is 4. The molecule has 0 spiro atoms. The maximum Gasteiger partial charge on any atom is 0.416 e. The Bertz CT molecular complexity index is 843. The number of hydrogen-bond donors (Lipinski definition) is 1. The molecule has 2 aromatic carbocycles. The zero-order chi connectivity index (χ0) is 20.7. The molecule has 5 nitrogen and oxygen atoms in total. The van der Waals surface area contributed by atoms with Gasteiger partial charge in [0.05, 0.1) is 11.1 Å². The van der Waals surface area contributed by atoms with E-state index in [0.29, 0.717) is 18.5 Å². The van der Waals surface area contributed by atoms with Crippen LogP contribution in [0.15, 0.2) is 48.5 Å². The van der Waals surface area contributed by atoms with E-state index >= 15 is 0 Å². The molecule has 1 amide bonds. The van der Waals surface area contributed by atoms with E-state index in [1.54, 1.807) is 12.1 Å². The van der Waals surface area contributed by atoms with Gasteiger partial charge in [-0.15, -0.1) is 0 Å². The number of anilines is 1. The highest BCUT2D eigenvalue weighted by atomic mass is 19.4. The third-order valence-electron chi connectivity index (χ3n) is 3.75. The van der Waals surface area contributed by atoms with Crippen molar-refractivity contribution in [3.63, 3.8) is 0 Å². The Morgan fingerprint density at radius 3 is 2.04 bits per heavy atom. The van der Waals surface area contributed by atoms with Crippen LogP contribution in [0.2, 0.25) is 0 Å². The standard InChI is InChI=1S/C20H18F3NO4/c1-2-3-18(26)24-16-10-6-13(7-11-16)17(25)12-28-19(27)14-4-8-15(9-5-14)20(21,22)23/h4-11H,2-3,12H2,1H3,(H,24,26). The zero-order valence-electron chi connectivity index (χ0n) is 15.0. The zero-order valence-corrected chi connectivity index (χ0v) is 15.0. The highest BCUT2D eigenvalue weighted by molar-refractivity contribution is 6.00. The SMILES string of the molecule is CCCC(=O)Nc1ccc(C(=O)COC(=O)c2ccc(C(F)(F)F)cc2)cc1. The summed E-state index contributed by atoms with van der Waals surface area (Å²) in [5.74, 6) is -1.51. The number of carbonyl (C=O) groups is 3. The van der Waals surface area contributed by atoms with Crippen LogP contribution >= 0.6 is 0 Å². The third kappa shape index (κ3) is 5.94. The van der Waals surface area contributed by atoms with Gasteiger partial charge in [0.15, 0.2) is 12.4 Å². The van der Waals surface area contributed by atoms with Gasteiger partial charge < -0.3 is 10.1 Å². The first kappa shape index (κ1) is 21.1. The maximum atomic E-state index is 12.5. The number of rotatable bonds is 7. The Hall–Kier alpha value is -3.16. The lowest BCUT2D eigenvalue weighted by Gasteiger charge is -2.08. The predicted molar refractivity (Wildman–Crippen MR) is 96.0 cm³/mol. The van der Waals surface area contributed by atoms with Gasteiger partial charge in [0.25, 0.3) is 0 Å². The van der Waals surface area contributed by atoms with Gasteiger partial charge >= 0.3 is 12.1 Å². The second kappa shape index (κ2) is 9.16. The molecular formula is C20H18F3NO4. The number of nitrogens with one attached hydrogen (secondary N) is 1. The van der Waals surface area contributed by atoms with E-state index in [0.717, 1.165) is 24.3 Å². The molecule has 8 heteroatoms. The highest BCUT2D eigenvalue weighted by Gasteiger charge is 2.30. The van der Waals surface area contributed by atoms with E-state index in [9.17, 15) is 27.6 Å². The lowest BCUT2D eigenvalue weighted by molar-refractivity contribution is -0.137. The molecule has 0 heterocycles. The van der Waals surface area contributed by atoms with Crippen LogP contribution in [0.4, 0.5) is 18.9 Å². The lowest BCUT2D eigenvalue weighted by atomic mass is 10.1. The third-order valence-corrected chi connectivity index (χ3v) is 3.75. The molecule has 0 aliphatic heterocycles. The Kier molecular flexibility index (Phi) is 6.92. The smallest absolute Gasteiger partial charge is 0.416 e. The van der Waals surface area contributed by atoms with Crippen LogP contribution in [0.25, 0.3) is 0 Å². The lowest BCUT2D eigenvalue weighted by Crippen LogP contribution is -2.15. The number of benzene rings is 2. The molecule has 1 N–H and O–H groups in total. The fourth-order valence-corrected chi connectivity index (χ4v) is 2.28. The molecule has 2 aromatic rings. The Balaban J connectivity index is 1.90. The average molecular weight is 393 g/mol. The molecule has 148 valence electrons. The molecule has 0 atom stereocenters. The summed E-state index contributed by atoms with van der Waals surface area (Å²) in [6.07, 6.45) is -3.39. The summed E-state index contributed by atoms with van der Waals surface area (Å²) in [6.45, 7) is 1.33. The number of esters is 1. The summed E-state index contributed by atoms with van der Waals surface area (Å²) in [4.78, 5) is 35.5. The molecule has 28 heavy (non-hydrogen) atoms. The molecule has 0 saturated carbocycles. The normalized spacial score (nSPS) is 11.0. The van der Waals surface area contributed by atoms with E-state index in [1.165, 1.54) is 12.1 Å². The minimum Gasteiger partial charge on any atom is -0.454 e. The molecule has 0 aliphatic rings. The molecule has 0 bridgehead atoms. The number of amides is 1. The second-order valence-corrected chi connectivity index (χ2v) is 5.95. The first-order chi connectivity index (χ1) is 13.2. The van der Waals surface area contributed by atoms with Crippen LogP contribution < -0.4 is 5.32 Å². The molecule has 0 aliphatic carbocycles. The topological polar surface area (TPSA) is 72.5 Å². The monoisotopic (exact) mass is 393 g/mol. The number of Topliss-reactive ketones (excluding diaryl/α,β-unsaturated/α-hetero) is 1. The van der Waals surface area contributed by atoms with Crippen molar-refractivity contribution in [2.24, 2.45) is 0 Å². The van der Waals surface area contributed by atoms with Crippen molar-refractivity contribution in [2.75, 3.05) is 11.9 Å². The summed E-state index contributed by atoms with van der Waals surface area (Å²) in [5.41, 5.74) is -0.161. The number of carbonyl (C=O) groups excluding carboxylic acids is 3. The van der Waals surface area contributed by atoms with Crippen LogP contribution in [0.3, 0.4) is 0 Å². The molecule has 2 rings (SSSR count). The largest absolute Gasteiger partial charge is 0.454 e. The van der Waals surface area contributed by atoms with Gasteiger partial charge in [0, 0.05) is 17.7 Å². The van der Waals surface area contributed by atoms with Crippen molar-refractivity contribution in [3.05, 3.63) is 65.2 Å². The van der Waals surface area contributed by atoms with E-state index in [2.05, 4.69) is 5.32 Å². The summed E-state index contributed by atoms with van der Waals surface area (Å²) in [7, 11) is 0. The van der Waals surface area contributed by atoms with Gasteiger partial charge in [-0.2, -0.15) is 13.2 Å². The summed E-state index contributed by atoms with van der Waals surface area (Å²) >= 11 is 0. The van der Waals surface area contributed by atoms with Crippen molar-refractivity contribution in [2.45, 2.75) is 25.9 Å². The van der Waals surface area contributed by atoms with Crippen molar-refractivity contribution in [1.29, 1.82) is 0 Å². The number of ether oxygens (including phenoxy) is 1. The quantitative estimate of drug-likeness (QED) is 0.556. The van der Waals surface area contributed by atoms with Crippen LogP contribution in [-0.4, -0.2) is 24.3 Å². The molecule has 0 unspecified atom stereocenters. The van der Waals surface area contributed by atoms with Gasteiger partial charge in [-0.25, -0.2) is 4.79 Å². The molecule has 0 radical (unpaired) electrons. The Labute approximate surface area is 159 Å². The summed E-state index contributed by atoms with van der Waals surface area (Å²) < 4.78 is 42.4. The Morgan fingerprint density at radius 2 is 1.50 bits per heavy atom. The predicted octanol–water partition coefficient (Wildman–Crippen LogP) is 4.48. The second-order valence-electron chi connectivity index (χ2n) is 5.95. The minimum absolute atomic E-state index is 0.0882. The van der Waals surface area contributed by atoms with E-state index in [4.69, 9.17) is 4.74 Å². The minimum atomic E-state index is -4.50. The van der Waals surface area contributed by atoms with Crippen molar-refractivity contribution < 1.29 is 32.3 Å². The number of alkyl halides is 3. The number of halogens is 3. The van der Waals surface area contributed by atoms with Crippen LogP contribution in [0.1, 0.15) is 46.0 Å². The molecule has 0 aromatic heterocycles. The number of ketones is 1. The van der Waals surface area contributed by atoms with E-state index in [-0.39, 0.29) is 17.0 Å². The molecule has 0 fully saturated rings. The van der Waals surface area contributed by atoms with E-state index < -0.39 is 30.1 Å². The average Bonchev–Trinajstić information content (AvgIpc) is 2.66. The fraction of sp³-hybridized carbons (Fsp3) is 0.250. The van der Waals surface area contributed by atoms with Crippen molar-refractivity contribution in [1.82, 2.24) is 0 Å². The van der Waals surface area contributed by atoms with E-state index in [1.807, 2.05) is 6.92 Å². The first-order valence-corrected chi connectivity index (χ1v) is 8.48. The molecular weight excluding hydrogens is 375 g/mol.